The third-order valence-electron chi connectivity index (χ3n) is 7.03. The van der Waals surface area contributed by atoms with Gasteiger partial charge in [0.25, 0.3) is 0 Å². The molecule has 0 aromatic heterocycles. The highest BCUT2D eigenvalue weighted by Crippen LogP contribution is 2.37. The van der Waals surface area contributed by atoms with E-state index in [1.807, 2.05) is 55.5 Å². The zero-order chi connectivity index (χ0) is 31.0. The number of unbranched alkanes of at least 4 members (excludes halogenated alkanes) is 2. The first-order valence-electron chi connectivity index (χ1n) is 15.1. The summed E-state index contributed by atoms with van der Waals surface area (Å²) in [5.41, 5.74) is 10.6. The molecule has 0 unspecified atom stereocenters. The number of ether oxygens (including phenoxy) is 2. The number of hydrogen-bond donors (Lipinski definition) is 4. The van der Waals surface area contributed by atoms with E-state index in [1.165, 1.54) is 5.01 Å². The zero-order valence-electron chi connectivity index (χ0n) is 25.4. The monoisotopic (exact) mass is 594 g/mol. The second kappa shape index (κ2) is 17.8. The first kappa shape index (κ1) is 33.4. The van der Waals surface area contributed by atoms with Crippen LogP contribution in [0.2, 0.25) is 0 Å². The van der Waals surface area contributed by atoms with Gasteiger partial charge in [0.05, 0.1) is 36.8 Å². The summed E-state index contributed by atoms with van der Waals surface area (Å²) in [6.45, 7) is 6.65. The Balaban J connectivity index is 1.78. The highest BCUT2D eigenvalue weighted by molar-refractivity contribution is 6.01. The topological polar surface area (TPSA) is 152 Å². The molecule has 3 amide bonds. The van der Waals surface area contributed by atoms with Gasteiger partial charge >= 0.3 is 6.09 Å². The van der Waals surface area contributed by atoms with Crippen LogP contribution >= 0.6 is 0 Å². The van der Waals surface area contributed by atoms with Crippen LogP contribution in [0.15, 0.2) is 48.5 Å². The summed E-state index contributed by atoms with van der Waals surface area (Å²) >= 11 is 0. The van der Waals surface area contributed by atoms with Crippen molar-refractivity contribution in [1.29, 1.82) is 0 Å². The fraction of sp³-hybridized carbons (Fsp3) is 0.469. The fourth-order valence-corrected chi connectivity index (χ4v) is 4.81. The summed E-state index contributed by atoms with van der Waals surface area (Å²) < 4.78 is 10.8. The average molecular weight is 595 g/mol. The minimum absolute atomic E-state index is 0.0280. The number of hydrazine groups is 1. The van der Waals surface area contributed by atoms with Gasteiger partial charge in [-0.15, -0.1) is 0 Å². The average Bonchev–Trinajstić information content (AvgIpc) is 3.00. The summed E-state index contributed by atoms with van der Waals surface area (Å²) in [5.74, 6) is 6.16. The van der Waals surface area contributed by atoms with Gasteiger partial charge in [-0.2, -0.15) is 0 Å². The van der Waals surface area contributed by atoms with Gasteiger partial charge in [0, 0.05) is 43.7 Å². The number of alkyl carbamates (subject to hydrolysis) is 1. The van der Waals surface area contributed by atoms with E-state index in [1.54, 1.807) is 4.90 Å². The molecule has 0 fully saturated rings. The molecule has 0 radical (unpaired) electrons. The van der Waals surface area contributed by atoms with Crippen molar-refractivity contribution in [2.24, 2.45) is 11.6 Å². The molecular weight excluding hydrogens is 548 g/mol. The van der Waals surface area contributed by atoms with Crippen molar-refractivity contribution in [3.05, 3.63) is 65.2 Å². The predicted molar refractivity (Wildman–Crippen MR) is 168 cm³/mol. The van der Waals surface area contributed by atoms with Crippen LogP contribution in [0.1, 0.15) is 69.1 Å². The third-order valence-corrected chi connectivity index (χ3v) is 7.03. The summed E-state index contributed by atoms with van der Waals surface area (Å²) in [6, 6.07) is 15.0. The van der Waals surface area contributed by atoms with Crippen molar-refractivity contribution in [3.8, 4) is 0 Å². The van der Waals surface area contributed by atoms with Gasteiger partial charge in [-0.25, -0.2) is 10.6 Å². The number of rotatable bonds is 16. The molecule has 234 valence electrons. The number of nitrogens with one attached hydrogen (secondary N) is 2. The number of fused-ring (bicyclic) bond motifs is 2. The normalized spacial score (nSPS) is 14.2. The quantitative estimate of drug-likeness (QED) is 0.130. The number of benzene rings is 2. The van der Waals surface area contributed by atoms with E-state index < -0.39 is 6.09 Å². The zero-order valence-corrected chi connectivity index (χ0v) is 25.4. The maximum Gasteiger partial charge on any atom is 0.407 e. The molecule has 1 aliphatic heterocycles. The molecule has 2 aromatic carbocycles. The van der Waals surface area contributed by atoms with E-state index >= 15 is 0 Å². The number of carbonyl (C=O) groups excluding carboxylic acids is 3. The van der Waals surface area contributed by atoms with Crippen molar-refractivity contribution in [1.82, 2.24) is 15.6 Å². The van der Waals surface area contributed by atoms with E-state index in [0.29, 0.717) is 48.9 Å². The van der Waals surface area contributed by atoms with Gasteiger partial charge in [-0.05, 0) is 24.5 Å². The highest BCUT2D eigenvalue weighted by Gasteiger charge is 2.28. The fourth-order valence-electron chi connectivity index (χ4n) is 4.81. The van der Waals surface area contributed by atoms with Crippen LogP contribution in [-0.2, 0) is 25.6 Å². The van der Waals surface area contributed by atoms with Crippen LogP contribution in [-0.4, -0.2) is 62.4 Å². The van der Waals surface area contributed by atoms with Crippen LogP contribution in [0.3, 0.4) is 0 Å². The molecule has 2 aromatic rings. The van der Waals surface area contributed by atoms with Crippen molar-refractivity contribution in [3.63, 3.8) is 0 Å². The number of amides is 3. The SMILES string of the molecule is CCCCCNC(=O)OCCN(N)/C1=C(\N)c2ccccc2CN(C(=O)CCC(=O)NCCOCCC)c2ccccc21. The second-order valence-electron chi connectivity index (χ2n) is 10.3. The Labute approximate surface area is 254 Å². The minimum atomic E-state index is -0.496. The largest absolute Gasteiger partial charge is 0.448 e. The summed E-state index contributed by atoms with van der Waals surface area (Å²) in [4.78, 5) is 39.9. The van der Waals surface area contributed by atoms with Gasteiger partial charge in [-0.1, -0.05) is 69.2 Å². The van der Waals surface area contributed by atoms with E-state index in [0.717, 1.165) is 36.8 Å². The molecule has 1 heterocycles. The molecule has 11 heteroatoms. The molecular formula is C32H46N6O5. The molecule has 0 aliphatic carbocycles. The standard InChI is InChI=1S/C32H46N6O5/c1-3-5-10-17-36-32(41)43-22-19-38(34)31-26-13-8-9-14-27(26)37(23-24-11-6-7-12-25(24)30(31)33)29(40)16-15-28(39)35-18-21-42-20-4-2/h6-9,11-14H,3-5,10,15-23,33-34H2,1-2H3,(H,35,39)(H,36,41)/b31-30-. The Hall–Kier alpha value is -4.09. The minimum Gasteiger partial charge on any atom is -0.448 e. The molecule has 0 bridgehead atoms. The Bertz CT molecular complexity index is 1250. The van der Waals surface area contributed by atoms with Gasteiger partial charge in [-0.3, -0.25) is 9.59 Å². The van der Waals surface area contributed by atoms with E-state index in [9.17, 15) is 14.4 Å². The Kier molecular flexibility index (Phi) is 13.8. The van der Waals surface area contributed by atoms with E-state index in [2.05, 4.69) is 17.6 Å². The highest BCUT2D eigenvalue weighted by atomic mass is 16.5. The second-order valence-corrected chi connectivity index (χ2v) is 10.3. The molecule has 0 saturated carbocycles. The van der Waals surface area contributed by atoms with Crippen molar-refractivity contribution >= 4 is 35.0 Å². The first-order valence-corrected chi connectivity index (χ1v) is 15.1. The maximum atomic E-state index is 13.7. The van der Waals surface area contributed by atoms with Crippen LogP contribution in [0, 0.1) is 0 Å². The summed E-state index contributed by atoms with van der Waals surface area (Å²) in [7, 11) is 0. The molecule has 0 atom stereocenters. The summed E-state index contributed by atoms with van der Waals surface area (Å²) in [5, 5.41) is 7.01. The van der Waals surface area contributed by atoms with Crippen molar-refractivity contribution in [2.75, 3.05) is 44.4 Å². The lowest BCUT2D eigenvalue weighted by atomic mass is 9.95. The van der Waals surface area contributed by atoms with Crippen molar-refractivity contribution in [2.45, 2.75) is 58.9 Å². The third kappa shape index (κ3) is 10.0. The number of para-hydroxylation sites is 1. The maximum absolute atomic E-state index is 13.7. The van der Waals surface area contributed by atoms with Gasteiger partial charge in [0.15, 0.2) is 0 Å². The Morgan fingerprint density at radius 3 is 2.40 bits per heavy atom. The molecule has 0 spiro atoms. The summed E-state index contributed by atoms with van der Waals surface area (Å²) in [6.07, 6.45) is 3.49. The van der Waals surface area contributed by atoms with Crippen LogP contribution in [0.4, 0.5) is 10.5 Å². The van der Waals surface area contributed by atoms with Crippen LogP contribution in [0.25, 0.3) is 11.4 Å². The molecule has 11 nitrogen and oxygen atoms in total. The Morgan fingerprint density at radius 2 is 1.63 bits per heavy atom. The number of carbonyl (C=O) groups is 3. The molecule has 0 saturated heterocycles. The Morgan fingerprint density at radius 1 is 0.884 bits per heavy atom. The molecule has 1 aliphatic rings. The smallest absolute Gasteiger partial charge is 0.407 e. The van der Waals surface area contributed by atoms with Gasteiger partial charge in [0.2, 0.25) is 11.8 Å². The molecule has 6 N–H and O–H groups in total. The lowest BCUT2D eigenvalue weighted by molar-refractivity contribution is -0.125. The number of anilines is 1. The van der Waals surface area contributed by atoms with Crippen LogP contribution < -0.4 is 27.1 Å². The van der Waals surface area contributed by atoms with Gasteiger partial charge < -0.3 is 35.7 Å². The first-order chi connectivity index (χ1) is 20.9. The number of hydrogen-bond acceptors (Lipinski definition) is 8. The molecule has 3 rings (SSSR count). The van der Waals surface area contributed by atoms with E-state index in [4.69, 9.17) is 21.1 Å². The molecule has 43 heavy (non-hydrogen) atoms. The predicted octanol–water partition coefficient (Wildman–Crippen LogP) is 3.73. The number of nitrogens with two attached hydrogens (primary N) is 2. The number of nitrogens with zero attached hydrogens (tertiary/aromatic N) is 2. The van der Waals surface area contributed by atoms with Crippen molar-refractivity contribution < 1.29 is 23.9 Å². The van der Waals surface area contributed by atoms with E-state index in [-0.39, 0.29) is 44.4 Å². The van der Waals surface area contributed by atoms with Gasteiger partial charge in [0.1, 0.15) is 6.61 Å². The lowest BCUT2D eigenvalue weighted by Crippen LogP contribution is -2.38. The van der Waals surface area contributed by atoms with Crippen LogP contribution in [0.5, 0.6) is 0 Å². The lowest BCUT2D eigenvalue weighted by Gasteiger charge is -2.33.